The van der Waals surface area contributed by atoms with Gasteiger partial charge < -0.3 is 10.2 Å². The van der Waals surface area contributed by atoms with Crippen LogP contribution in [0.5, 0.6) is 0 Å². The van der Waals surface area contributed by atoms with Crippen molar-refractivity contribution in [3.8, 4) is 0 Å². The van der Waals surface area contributed by atoms with Crippen molar-refractivity contribution in [3.05, 3.63) is 142 Å². The summed E-state index contributed by atoms with van der Waals surface area (Å²) in [4.78, 5) is 28.9. The van der Waals surface area contributed by atoms with Crippen LogP contribution >= 0.6 is 11.6 Å². The molecule has 0 saturated heterocycles. The number of benzene rings is 4. The smallest absolute Gasteiger partial charge is 0.247 e. The zero-order valence-corrected chi connectivity index (χ0v) is 20.4. The highest BCUT2D eigenvalue weighted by atomic mass is 35.5. The minimum atomic E-state index is -0.875. The topological polar surface area (TPSA) is 49.4 Å². The molecule has 0 unspecified atom stereocenters. The Morgan fingerprint density at radius 2 is 1.33 bits per heavy atom. The molecule has 0 aliphatic carbocycles. The number of hydrogen-bond acceptors (Lipinski definition) is 2. The van der Waals surface area contributed by atoms with Gasteiger partial charge in [0.05, 0.1) is 6.42 Å². The highest BCUT2D eigenvalue weighted by Crippen LogP contribution is 2.25. The van der Waals surface area contributed by atoms with E-state index in [9.17, 15) is 14.0 Å². The Kier molecular flexibility index (Phi) is 8.48. The van der Waals surface area contributed by atoms with Crippen molar-refractivity contribution in [2.24, 2.45) is 0 Å². The molecule has 0 aliphatic heterocycles. The second kappa shape index (κ2) is 12.1. The molecule has 2 amide bonds. The monoisotopic (exact) mass is 500 g/mol. The molecular weight excluding hydrogens is 475 g/mol. The summed E-state index contributed by atoms with van der Waals surface area (Å²) in [5.41, 5.74) is 3.15. The fourth-order valence-corrected chi connectivity index (χ4v) is 4.10. The van der Waals surface area contributed by atoms with E-state index < -0.39 is 6.04 Å². The van der Waals surface area contributed by atoms with Gasteiger partial charge in [0.15, 0.2) is 0 Å². The molecule has 0 bridgehead atoms. The van der Waals surface area contributed by atoms with Gasteiger partial charge in [0, 0.05) is 18.1 Å². The molecule has 0 aliphatic rings. The lowest BCUT2D eigenvalue weighted by molar-refractivity contribution is -0.141. The molecule has 4 aromatic carbocycles. The first-order valence-electron chi connectivity index (χ1n) is 11.6. The molecule has 0 heterocycles. The average Bonchev–Trinajstić information content (AvgIpc) is 2.91. The van der Waals surface area contributed by atoms with E-state index >= 15 is 0 Å². The molecule has 6 heteroatoms. The zero-order valence-electron chi connectivity index (χ0n) is 19.6. The van der Waals surface area contributed by atoms with Crippen molar-refractivity contribution in [2.45, 2.75) is 25.6 Å². The van der Waals surface area contributed by atoms with Gasteiger partial charge in [-0.3, -0.25) is 9.59 Å². The standard InChI is InChI=1S/C30H26ClFN2O2/c31-26-15-11-22(12-16-26)19-28(35)34(21-24-13-17-27(32)18-14-24)29(25-9-5-2-6-10-25)30(36)33-20-23-7-3-1-4-8-23/h1-18,29H,19-21H2,(H,33,36)/t29-/m0/s1. The van der Waals surface area contributed by atoms with Crippen LogP contribution in [0.25, 0.3) is 0 Å². The number of carbonyl (C=O) groups is 2. The third-order valence-electron chi connectivity index (χ3n) is 5.84. The van der Waals surface area contributed by atoms with Gasteiger partial charge in [0.25, 0.3) is 0 Å². The van der Waals surface area contributed by atoms with Crippen molar-refractivity contribution < 1.29 is 14.0 Å². The highest BCUT2D eigenvalue weighted by molar-refractivity contribution is 6.30. The Morgan fingerprint density at radius 1 is 0.750 bits per heavy atom. The van der Waals surface area contributed by atoms with E-state index in [1.54, 1.807) is 41.3 Å². The SMILES string of the molecule is O=C(NCc1ccccc1)[C@H](c1ccccc1)N(Cc1ccc(F)cc1)C(=O)Cc1ccc(Cl)cc1. The summed E-state index contributed by atoms with van der Waals surface area (Å²) < 4.78 is 13.6. The number of halogens is 2. The maximum atomic E-state index is 13.7. The van der Waals surface area contributed by atoms with Crippen LogP contribution in [0.3, 0.4) is 0 Å². The van der Waals surface area contributed by atoms with Crippen molar-refractivity contribution in [1.29, 1.82) is 0 Å². The molecule has 0 aromatic heterocycles. The van der Waals surface area contributed by atoms with Crippen molar-refractivity contribution in [3.63, 3.8) is 0 Å². The Labute approximate surface area is 215 Å². The van der Waals surface area contributed by atoms with Crippen molar-refractivity contribution in [2.75, 3.05) is 0 Å². The summed E-state index contributed by atoms with van der Waals surface area (Å²) in [7, 11) is 0. The molecule has 4 rings (SSSR count). The van der Waals surface area contributed by atoms with E-state index in [1.807, 2.05) is 60.7 Å². The normalized spacial score (nSPS) is 11.5. The predicted octanol–water partition coefficient (Wildman–Crippen LogP) is 6.11. The molecule has 0 saturated carbocycles. The molecule has 182 valence electrons. The first kappa shape index (κ1) is 25.1. The minimum Gasteiger partial charge on any atom is -0.350 e. The van der Waals surface area contributed by atoms with E-state index in [0.29, 0.717) is 17.1 Å². The molecule has 36 heavy (non-hydrogen) atoms. The molecule has 1 atom stereocenters. The molecule has 0 radical (unpaired) electrons. The lowest BCUT2D eigenvalue weighted by Crippen LogP contribution is -2.43. The maximum Gasteiger partial charge on any atom is 0.247 e. The van der Waals surface area contributed by atoms with Crippen LogP contribution in [0.4, 0.5) is 4.39 Å². The van der Waals surface area contributed by atoms with Gasteiger partial charge in [-0.25, -0.2) is 4.39 Å². The summed E-state index contributed by atoms with van der Waals surface area (Å²) in [6.07, 6.45) is 0.0909. The molecule has 0 fully saturated rings. The van der Waals surface area contributed by atoms with Crippen LogP contribution in [-0.2, 0) is 29.1 Å². The van der Waals surface area contributed by atoms with E-state index in [1.165, 1.54) is 12.1 Å². The predicted molar refractivity (Wildman–Crippen MR) is 140 cm³/mol. The number of nitrogens with zero attached hydrogens (tertiary/aromatic N) is 1. The lowest BCUT2D eigenvalue weighted by atomic mass is 10.0. The average molecular weight is 501 g/mol. The Hall–Kier alpha value is -3.96. The van der Waals surface area contributed by atoms with Gasteiger partial charge in [0.2, 0.25) is 11.8 Å². The Morgan fingerprint density at radius 3 is 1.97 bits per heavy atom. The van der Waals surface area contributed by atoms with Crippen LogP contribution in [0.2, 0.25) is 5.02 Å². The van der Waals surface area contributed by atoms with Gasteiger partial charge >= 0.3 is 0 Å². The van der Waals surface area contributed by atoms with E-state index in [2.05, 4.69) is 5.32 Å². The molecule has 4 nitrogen and oxygen atoms in total. The van der Waals surface area contributed by atoms with Gasteiger partial charge in [-0.05, 0) is 46.5 Å². The molecule has 4 aromatic rings. The van der Waals surface area contributed by atoms with Crippen LogP contribution in [0.15, 0.2) is 109 Å². The quantitative estimate of drug-likeness (QED) is 0.301. The van der Waals surface area contributed by atoms with Gasteiger partial charge in [-0.2, -0.15) is 0 Å². The second-order valence-corrected chi connectivity index (χ2v) is 8.90. The van der Waals surface area contributed by atoms with Crippen LogP contribution in [0.1, 0.15) is 28.3 Å². The maximum absolute atomic E-state index is 13.7. The summed E-state index contributed by atoms with van der Waals surface area (Å²) in [5.74, 6) is -0.889. The van der Waals surface area contributed by atoms with Crippen LogP contribution < -0.4 is 5.32 Å². The second-order valence-electron chi connectivity index (χ2n) is 8.47. The summed E-state index contributed by atoms with van der Waals surface area (Å²) in [6, 6.07) is 30.9. The van der Waals surface area contributed by atoms with Gasteiger partial charge in [0.1, 0.15) is 11.9 Å². The molecule has 1 N–H and O–H groups in total. The van der Waals surface area contributed by atoms with Crippen molar-refractivity contribution in [1.82, 2.24) is 10.2 Å². The summed E-state index contributed by atoms with van der Waals surface area (Å²) in [6.45, 7) is 0.476. The number of carbonyl (C=O) groups excluding carboxylic acids is 2. The third kappa shape index (κ3) is 6.80. The number of rotatable bonds is 9. The van der Waals surface area contributed by atoms with Crippen molar-refractivity contribution >= 4 is 23.4 Å². The van der Waals surface area contributed by atoms with Crippen LogP contribution in [-0.4, -0.2) is 16.7 Å². The number of amides is 2. The third-order valence-corrected chi connectivity index (χ3v) is 6.09. The first-order chi connectivity index (χ1) is 17.5. The molecule has 0 spiro atoms. The van der Waals surface area contributed by atoms with E-state index in [0.717, 1.165) is 16.7 Å². The van der Waals surface area contributed by atoms with Gasteiger partial charge in [-0.15, -0.1) is 0 Å². The van der Waals surface area contributed by atoms with Gasteiger partial charge in [-0.1, -0.05) is 96.5 Å². The number of hydrogen-bond donors (Lipinski definition) is 1. The van der Waals surface area contributed by atoms with E-state index in [-0.39, 0.29) is 30.6 Å². The van der Waals surface area contributed by atoms with Crippen LogP contribution in [0, 0.1) is 5.82 Å². The fraction of sp³-hybridized carbons (Fsp3) is 0.133. The fourth-order valence-electron chi connectivity index (χ4n) is 3.98. The largest absolute Gasteiger partial charge is 0.350 e. The summed E-state index contributed by atoms with van der Waals surface area (Å²) >= 11 is 6.01. The van der Waals surface area contributed by atoms with E-state index in [4.69, 9.17) is 11.6 Å². The Balaban J connectivity index is 1.67. The number of nitrogens with one attached hydrogen (secondary N) is 1. The summed E-state index contributed by atoms with van der Waals surface area (Å²) in [5, 5.41) is 3.57. The first-order valence-corrected chi connectivity index (χ1v) is 12.0. The highest BCUT2D eigenvalue weighted by Gasteiger charge is 2.31. The zero-order chi connectivity index (χ0) is 25.3. The lowest BCUT2D eigenvalue weighted by Gasteiger charge is -2.32. The molecular formula is C30H26ClFN2O2. The minimum absolute atomic E-state index is 0.0909. The Bertz CT molecular complexity index is 1280.